The summed E-state index contributed by atoms with van der Waals surface area (Å²) in [6, 6.07) is 9.08. The van der Waals surface area contributed by atoms with E-state index in [2.05, 4.69) is 10.2 Å². The number of carbonyl (C=O) groups is 1. The number of halogens is 3. The number of aromatic nitrogens is 3. The first-order valence-corrected chi connectivity index (χ1v) is 8.37. The minimum atomic E-state index is -4.73. The minimum absolute atomic E-state index is 0.121. The smallest absolute Gasteiger partial charge is 0.335 e. The van der Waals surface area contributed by atoms with Crippen molar-refractivity contribution in [2.24, 2.45) is 0 Å². The molecule has 2 N–H and O–H groups in total. The number of amides is 1. The quantitative estimate of drug-likeness (QED) is 0.606. The minimum Gasteiger partial charge on any atom is -0.335 e. The van der Waals surface area contributed by atoms with Gasteiger partial charge in [0.25, 0.3) is 5.82 Å². The van der Waals surface area contributed by atoms with Crippen LogP contribution in [0.3, 0.4) is 0 Å². The van der Waals surface area contributed by atoms with E-state index in [1.807, 2.05) is 25.1 Å². The van der Waals surface area contributed by atoms with Crippen LogP contribution in [0.25, 0.3) is 0 Å². The van der Waals surface area contributed by atoms with Crippen molar-refractivity contribution in [3.05, 3.63) is 35.7 Å². The molecular weight excluding hydrogens is 369 g/mol. The molecule has 0 aliphatic rings. The van der Waals surface area contributed by atoms with Gasteiger partial charge in [0.1, 0.15) is 0 Å². The molecule has 0 bridgehead atoms. The van der Waals surface area contributed by atoms with Crippen LogP contribution in [-0.2, 0) is 11.0 Å². The Morgan fingerprint density at radius 3 is 2.54 bits per heavy atom. The molecule has 1 aromatic heterocycles. The zero-order chi connectivity index (χ0) is 19.3. The van der Waals surface area contributed by atoms with E-state index in [1.54, 1.807) is 12.1 Å². The van der Waals surface area contributed by atoms with Gasteiger partial charge in [0.2, 0.25) is 11.1 Å². The van der Waals surface area contributed by atoms with E-state index >= 15 is 0 Å². The number of nitrogen functional groups attached to an aromatic ring is 1. The molecule has 138 valence electrons. The van der Waals surface area contributed by atoms with E-state index in [-0.39, 0.29) is 29.8 Å². The fraction of sp³-hybridized carbons (Fsp3) is 0.333. The summed E-state index contributed by atoms with van der Waals surface area (Å²) in [6.07, 6.45) is -4.61. The van der Waals surface area contributed by atoms with Crippen LogP contribution >= 0.6 is 11.8 Å². The van der Waals surface area contributed by atoms with Gasteiger partial charge in [-0.25, -0.2) is 4.68 Å². The maximum atomic E-state index is 12.7. The highest BCUT2D eigenvalue weighted by Gasteiger charge is 2.38. The molecule has 2 rings (SSSR count). The Morgan fingerprint density at radius 1 is 1.35 bits per heavy atom. The Bertz CT molecular complexity index is 812. The first-order chi connectivity index (χ1) is 12.2. The maximum absolute atomic E-state index is 12.7. The number of rotatable bonds is 6. The fourth-order valence-corrected chi connectivity index (χ4v) is 2.79. The van der Waals surface area contributed by atoms with Crippen molar-refractivity contribution < 1.29 is 18.0 Å². The summed E-state index contributed by atoms with van der Waals surface area (Å²) in [5.74, 6) is 3.42. The van der Waals surface area contributed by atoms with Gasteiger partial charge in [-0.05, 0) is 19.1 Å². The van der Waals surface area contributed by atoms with E-state index in [1.165, 1.54) is 4.90 Å². The lowest BCUT2D eigenvalue weighted by molar-refractivity contribution is -0.146. The number of anilines is 1. The van der Waals surface area contributed by atoms with Gasteiger partial charge in [-0.1, -0.05) is 29.5 Å². The monoisotopic (exact) mass is 384 g/mol. The fourth-order valence-electron chi connectivity index (χ4n) is 2.06. The number of aryl methyl sites for hydroxylation is 1. The highest BCUT2D eigenvalue weighted by molar-refractivity contribution is 7.99. The van der Waals surface area contributed by atoms with Crippen LogP contribution in [0.1, 0.15) is 17.8 Å². The third kappa shape index (κ3) is 4.66. The number of nitrogens with zero attached hydrogens (tertiary/aromatic N) is 5. The normalized spacial score (nSPS) is 11.2. The first-order valence-electron chi connectivity index (χ1n) is 7.38. The van der Waals surface area contributed by atoms with Gasteiger partial charge < -0.3 is 10.7 Å². The SMILES string of the molecule is Cc1ccc(N(CCC#N)C(=O)CSc2nnc(C(F)(F)F)n2N)cc1. The molecule has 0 saturated heterocycles. The van der Waals surface area contributed by atoms with Gasteiger partial charge >= 0.3 is 6.18 Å². The average Bonchev–Trinajstić information content (AvgIpc) is 2.95. The summed E-state index contributed by atoms with van der Waals surface area (Å²) in [5.41, 5.74) is 1.60. The second-order valence-corrected chi connectivity index (χ2v) is 6.19. The summed E-state index contributed by atoms with van der Waals surface area (Å²) >= 11 is 0.742. The molecule has 0 saturated carbocycles. The van der Waals surface area contributed by atoms with E-state index in [0.717, 1.165) is 17.3 Å². The van der Waals surface area contributed by atoms with Crippen LogP contribution in [0.2, 0.25) is 0 Å². The molecule has 0 spiro atoms. The number of nitrogens with two attached hydrogens (primary N) is 1. The lowest BCUT2D eigenvalue weighted by atomic mass is 10.2. The Hall–Kier alpha value is -2.74. The number of hydrogen-bond acceptors (Lipinski definition) is 6. The van der Waals surface area contributed by atoms with Crippen LogP contribution in [0, 0.1) is 18.3 Å². The van der Waals surface area contributed by atoms with Crippen molar-refractivity contribution in [1.29, 1.82) is 5.26 Å². The number of benzene rings is 1. The zero-order valence-corrected chi connectivity index (χ0v) is 14.5. The summed E-state index contributed by atoms with van der Waals surface area (Å²) in [7, 11) is 0. The third-order valence-corrected chi connectivity index (χ3v) is 4.26. The second-order valence-electron chi connectivity index (χ2n) is 5.25. The van der Waals surface area contributed by atoms with E-state index in [0.29, 0.717) is 10.4 Å². The summed E-state index contributed by atoms with van der Waals surface area (Å²) in [4.78, 5) is 13.9. The summed E-state index contributed by atoms with van der Waals surface area (Å²) in [5, 5.41) is 14.9. The van der Waals surface area contributed by atoms with Crippen LogP contribution < -0.4 is 10.7 Å². The molecule has 0 aliphatic carbocycles. The highest BCUT2D eigenvalue weighted by atomic mass is 32.2. The Kier molecular flexibility index (Phi) is 6.10. The number of thioether (sulfide) groups is 1. The Morgan fingerprint density at radius 2 is 2.00 bits per heavy atom. The Balaban J connectivity index is 2.11. The van der Waals surface area contributed by atoms with Crippen LogP contribution in [0.4, 0.5) is 18.9 Å². The topological polar surface area (TPSA) is 101 Å². The van der Waals surface area contributed by atoms with E-state index < -0.39 is 12.0 Å². The predicted octanol–water partition coefficient (Wildman–Crippen LogP) is 2.36. The number of nitriles is 1. The Labute approximate surface area is 151 Å². The van der Waals surface area contributed by atoms with Gasteiger partial charge in [-0.2, -0.15) is 18.4 Å². The molecule has 7 nitrogen and oxygen atoms in total. The van der Waals surface area contributed by atoms with Gasteiger partial charge in [-0.3, -0.25) is 4.79 Å². The predicted molar refractivity (Wildman–Crippen MR) is 89.7 cm³/mol. The second kappa shape index (κ2) is 8.09. The molecule has 1 amide bonds. The molecule has 26 heavy (non-hydrogen) atoms. The summed E-state index contributed by atoms with van der Waals surface area (Å²) < 4.78 is 38.3. The molecule has 1 heterocycles. The van der Waals surface area contributed by atoms with Crippen molar-refractivity contribution in [2.45, 2.75) is 24.7 Å². The lowest BCUT2D eigenvalue weighted by Gasteiger charge is -2.21. The largest absolute Gasteiger partial charge is 0.453 e. The average molecular weight is 384 g/mol. The highest BCUT2D eigenvalue weighted by Crippen LogP contribution is 2.29. The van der Waals surface area contributed by atoms with Crippen molar-refractivity contribution >= 4 is 23.4 Å². The molecule has 0 radical (unpaired) electrons. The molecular formula is C15H15F3N6OS. The zero-order valence-electron chi connectivity index (χ0n) is 13.7. The van der Waals surface area contributed by atoms with Gasteiger partial charge in [0, 0.05) is 12.2 Å². The number of hydrogen-bond donors (Lipinski definition) is 1. The van der Waals surface area contributed by atoms with Crippen LogP contribution in [0.15, 0.2) is 29.4 Å². The lowest BCUT2D eigenvalue weighted by Crippen LogP contribution is -2.33. The van der Waals surface area contributed by atoms with Crippen molar-refractivity contribution in [1.82, 2.24) is 14.9 Å². The van der Waals surface area contributed by atoms with E-state index in [4.69, 9.17) is 11.1 Å². The maximum Gasteiger partial charge on any atom is 0.453 e. The molecule has 11 heteroatoms. The molecule has 0 unspecified atom stereocenters. The van der Waals surface area contributed by atoms with Crippen LogP contribution in [-0.4, -0.2) is 33.1 Å². The van der Waals surface area contributed by atoms with Gasteiger partial charge in [0.05, 0.1) is 18.2 Å². The molecule has 1 aromatic carbocycles. The molecule has 0 atom stereocenters. The van der Waals surface area contributed by atoms with Crippen molar-refractivity contribution in [2.75, 3.05) is 23.0 Å². The van der Waals surface area contributed by atoms with Gasteiger partial charge in [0.15, 0.2) is 0 Å². The molecule has 0 aliphatic heterocycles. The number of carbonyl (C=O) groups excluding carboxylic acids is 1. The summed E-state index contributed by atoms with van der Waals surface area (Å²) in [6.45, 7) is 2.06. The van der Waals surface area contributed by atoms with E-state index in [9.17, 15) is 18.0 Å². The molecule has 0 fully saturated rings. The first kappa shape index (κ1) is 19.6. The van der Waals surface area contributed by atoms with Crippen molar-refractivity contribution in [3.63, 3.8) is 0 Å². The molecule has 2 aromatic rings. The van der Waals surface area contributed by atoms with Gasteiger partial charge in [-0.15, -0.1) is 10.2 Å². The standard InChI is InChI=1S/C15H15F3N6OS/c1-10-3-5-11(6-4-10)23(8-2-7-19)12(25)9-26-14-22-21-13(24(14)20)15(16,17)18/h3-6H,2,8-9,20H2,1H3. The third-order valence-electron chi connectivity index (χ3n) is 3.34. The van der Waals surface area contributed by atoms with Crippen molar-refractivity contribution in [3.8, 4) is 6.07 Å². The van der Waals surface area contributed by atoms with Crippen LogP contribution in [0.5, 0.6) is 0 Å². The number of alkyl halides is 3.